The summed E-state index contributed by atoms with van der Waals surface area (Å²) in [5.74, 6) is -0.797. The third-order valence-corrected chi connectivity index (χ3v) is 9.81. The number of allylic oxidation sites excluding steroid dienone is 4. The van der Waals surface area contributed by atoms with E-state index in [1.54, 1.807) is 0 Å². The summed E-state index contributed by atoms with van der Waals surface area (Å²) in [6.07, 6.45) is 45.0. The lowest BCUT2D eigenvalue weighted by molar-refractivity contribution is -0.187. The molecule has 0 aliphatic heterocycles. The first-order chi connectivity index (χ1) is 24.4. The Morgan fingerprint density at radius 2 is 0.608 bits per heavy atom. The van der Waals surface area contributed by atoms with Gasteiger partial charge in [-0.1, -0.05) is 167 Å². The zero-order valence-corrected chi connectivity index (χ0v) is 35.7. The Balaban J connectivity index is 4.75. The molecule has 0 saturated heterocycles. The van der Waals surface area contributed by atoms with E-state index in [1.165, 1.54) is 141 Å². The highest BCUT2D eigenvalue weighted by atomic mass is 16.6. The van der Waals surface area contributed by atoms with Crippen LogP contribution in [0.2, 0.25) is 0 Å². The maximum Gasteiger partial charge on any atom is 0.324 e. The summed E-state index contributed by atoms with van der Waals surface area (Å²) < 4.78 is 11.9. The van der Waals surface area contributed by atoms with Crippen LogP contribution in [0, 0.1) is 5.41 Å². The van der Waals surface area contributed by atoms with Gasteiger partial charge in [0.1, 0.15) is 11.2 Å². The molecule has 0 aromatic carbocycles. The summed E-state index contributed by atoms with van der Waals surface area (Å²) in [6, 6.07) is 0. The molecule has 0 aliphatic carbocycles. The van der Waals surface area contributed by atoms with Crippen molar-refractivity contribution in [3.05, 3.63) is 24.3 Å². The highest BCUT2D eigenvalue weighted by Crippen LogP contribution is 2.38. The number of carbonyl (C=O) groups excluding carboxylic acids is 2. The average molecular weight is 717 g/mol. The van der Waals surface area contributed by atoms with E-state index in [-0.39, 0.29) is 0 Å². The predicted octanol–water partition coefficient (Wildman–Crippen LogP) is 15.5. The highest BCUT2D eigenvalue weighted by molar-refractivity contribution is 6.00. The smallest absolute Gasteiger partial charge is 0.324 e. The van der Waals surface area contributed by atoms with E-state index in [1.807, 2.05) is 41.5 Å². The van der Waals surface area contributed by atoms with Gasteiger partial charge in [-0.2, -0.15) is 0 Å². The van der Waals surface area contributed by atoms with Crippen LogP contribution in [0.15, 0.2) is 24.3 Å². The number of hydrogen-bond donors (Lipinski definition) is 0. The Bertz CT molecular complexity index is 800. The van der Waals surface area contributed by atoms with E-state index in [0.29, 0.717) is 12.8 Å². The fourth-order valence-corrected chi connectivity index (χ4v) is 6.72. The maximum absolute atomic E-state index is 13.9. The Kier molecular flexibility index (Phi) is 30.9. The molecule has 0 atom stereocenters. The van der Waals surface area contributed by atoms with Crippen LogP contribution >= 0.6 is 0 Å². The van der Waals surface area contributed by atoms with Crippen molar-refractivity contribution in [2.45, 2.75) is 259 Å². The topological polar surface area (TPSA) is 52.6 Å². The zero-order chi connectivity index (χ0) is 38.1. The monoisotopic (exact) mass is 717 g/mol. The van der Waals surface area contributed by atoms with Crippen molar-refractivity contribution in [1.29, 1.82) is 0 Å². The first-order valence-corrected chi connectivity index (χ1v) is 22.1. The number of esters is 2. The fraction of sp³-hybridized carbons (Fsp3) is 0.872. The van der Waals surface area contributed by atoms with E-state index in [2.05, 4.69) is 38.2 Å². The van der Waals surface area contributed by atoms with E-state index in [4.69, 9.17) is 9.47 Å². The molecule has 0 aromatic rings. The molecule has 0 radical (unpaired) electrons. The molecule has 4 heteroatoms. The lowest BCUT2D eigenvalue weighted by Gasteiger charge is -2.35. The summed E-state index contributed by atoms with van der Waals surface area (Å²) in [6.45, 7) is 15.9. The summed E-state index contributed by atoms with van der Waals surface area (Å²) in [5.41, 5.74) is -2.55. The highest BCUT2D eigenvalue weighted by Gasteiger charge is 2.50. The maximum atomic E-state index is 13.9. The second-order valence-electron chi connectivity index (χ2n) is 17.5. The molecule has 0 amide bonds. The molecule has 0 rings (SSSR count). The van der Waals surface area contributed by atoms with Gasteiger partial charge in [-0.05, 0) is 106 Å². The Labute approximate surface area is 319 Å². The average Bonchev–Trinajstić information content (AvgIpc) is 3.05. The molecule has 0 N–H and O–H groups in total. The number of hydrogen-bond acceptors (Lipinski definition) is 4. The van der Waals surface area contributed by atoms with Crippen LogP contribution in [0.25, 0.3) is 0 Å². The van der Waals surface area contributed by atoms with Crippen LogP contribution in [0.5, 0.6) is 0 Å². The SMILES string of the molecule is CCCCCCCCC=CCCCCCCCCC(CCCCCCCCC=CCCCCCCCC)(C(=O)OC(C)(C)C)C(=O)OC(C)(C)C. The van der Waals surface area contributed by atoms with Crippen LogP contribution < -0.4 is 0 Å². The van der Waals surface area contributed by atoms with Crippen molar-refractivity contribution in [2.24, 2.45) is 5.41 Å². The van der Waals surface area contributed by atoms with Crippen LogP contribution in [0.1, 0.15) is 248 Å². The van der Waals surface area contributed by atoms with Crippen molar-refractivity contribution in [3.63, 3.8) is 0 Å². The van der Waals surface area contributed by atoms with Gasteiger partial charge in [0.15, 0.2) is 5.41 Å². The van der Waals surface area contributed by atoms with Gasteiger partial charge >= 0.3 is 11.9 Å². The van der Waals surface area contributed by atoms with Gasteiger partial charge in [0.2, 0.25) is 0 Å². The molecule has 4 nitrogen and oxygen atoms in total. The van der Waals surface area contributed by atoms with Crippen molar-refractivity contribution >= 4 is 11.9 Å². The standard InChI is InChI=1S/C47H88O4/c1-9-11-13-15-17-19-21-23-25-27-29-31-33-35-37-39-41-47(43(48)50-45(3,4)5,44(49)51-46(6,7)8)42-40-38-36-34-32-30-28-26-24-22-20-18-16-14-12-10-2/h23-26H,9-22,27-42H2,1-8H3. The number of unbranched alkanes of at least 4 members (excludes halogenated alkanes) is 24. The Morgan fingerprint density at radius 1 is 0.373 bits per heavy atom. The molecule has 0 aromatic heterocycles. The third kappa shape index (κ3) is 30.6. The third-order valence-electron chi connectivity index (χ3n) is 9.81. The largest absolute Gasteiger partial charge is 0.459 e. The summed E-state index contributed by atoms with van der Waals surface area (Å²) in [4.78, 5) is 27.7. The minimum Gasteiger partial charge on any atom is -0.459 e. The van der Waals surface area contributed by atoms with Crippen LogP contribution in [-0.4, -0.2) is 23.1 Å². The molecular weight excluding hydrogens is 629 g/mol. The van der Waals surface area contributed by atoms with Crippen molar-refractivity contribution in [3.8, 4) is 0 Å². The van der Waals surface area contributed by atoms with Gasteiger partial charge < -0.3 is 9.47 Å². The van der Waals surface area contributed by atoms with Gasteiger partial charge in [0, 0.05) is 0 Å². The predicted molar refractivity (Wildman–Crippen MR) is 222 cm³/mol. The van der Waals surface area contributed by atoms with Gasteiger partial charge in [-0.25, -0.2) is 0 Å². The van der Waals surface area contributed by atoms with Crippen LogP contribution in [-0.2, 0) is 19.1 Å². The summed E-state index contributed by atoms with van der Waals surface area (Å²) in [7, 11) is 0. The van der Waals surface area contributed by atoms with Crippen LogP contribution in [0.3, 0.4) is 0 Å². The number of ether oxygens (including phenoxy) is 2. The van der Waals surface area contributed by atoms with Crippen molar-refractivity contribution < 1.29 is 19.1 Å². The molecule has 300 valence electrons. The number of carbonyl (C=O) groups is 2. The molecule has 0 saturated carbocycles. The Hall–Kier alpha value is -1.58. The van der Waals surface area contributed by atoms with Crippen LogP contribution in [0.4, 0.5) is 0 Å². The zero-order valence-electron chi connectivity index (χ0n) is 35.7. The molecule has 0 aliphatic rings. The quantitative estimate of drug-likeness (QED) is 0.0288. The van der Waals surface area contributed by atoms with Gasteiger partial charge in [0.25, 0.3) is 0 Å². The van der Waals surface area contributed by atoms with E-state index in [9.17, 15) is 9.59 Å². The lowest BCUT2D eigenvalue weighted by Crippen LogP contribution is -2.46. The van der Waals surface area contributed by atoms with E-state index in [0.717, 1.165) is 38.5 Å². The van der Waals surface area contributed by atoms with Gasteiger partial charge in [-0.15, -0.1) is 0 Å². The second kappa shape index (κ2) is 31.9. The van der Waals surface area contributed by atoms with Crippen molar-refractivity contribution in [1.82, 2.24) is 0 Å². The minimum absolute atomic E-state index is 0.398. The van der Waals surface area contributed by atoms with Gasteiger partial charge in [0.05, 0.1) is 0 Å². The normalized spacial score (nSPS) is 12.7. The summed E-state index contributed by atoms with van der Waals surface area (Å²) in [5, 5.41) is 0. The van der Waals surface area contributed by atoms with Gasteiger partial charge in [-0.3, -0.25) is 9.59 Å². The molecule has 0 fully saturated rings. The molecule has 51 heavy (non-hydrogen) atoms. The van der Waals surface area contributed by atoms with E-state index < -0.39 is 28.6 Å². The lowest BCUT2D eigenvalue weighted by atomic mass is 9.77. The first-order valence-electron chi connectivity index (χ1n) is 22.1. The number of rotatable bonds is 34. The molecule has 0 spiro atoms. The summed E-state index contributed by atoms with van der Waals surface area (Å²) >= 11 is 0. The molecule has 0 bridgehead atoms. The molecule has 0 heterocycles. The Morgan fingerprint density at radius 3 is 0.863 bits per heavy atom. The minimum atomic E-state index is -1.23. The van der Waals surface area contributed by atoms with E-state index >= 15 is 0 Å². The fourth-order valence-electron chi connectivity index (χ4n) is 6.72. The molecular formula is C47H88O4. The first kappa shape index (κ1) is 49.4. The second-order valence-corrected chi connectivity index (χ2v) is 17.5. The molecule has 0 unspecified atom stereocenters. The van der Waals surface area contributed by atoms with Crippen molar-refractivity contribution in [2.75, 3.05) is 0 Å².